The SMILES string of the molecule is C=C(F)C(=O)N1CC(CNc2cc(Cl)c(-c3cc(O)ccc3Cl)cc2N/C=C(C)/C=C\C=C\C(C)C)C1. The first kappa shape index (κ1) is 28.4. The van der Waals surface area contributed by atoms with Crippen molar-refractivity contribution >= 4 is 40.5 Å². The van der Waals surface area contributed by atoms with Crippen molar-refractivity contribution in [2.24, 2.45) is 11.8 Å². The fourth-order valence-corrected chi connectivity index (χ4v) is 4.27. The third kappa shape index (κ3) is 7.88. The van der Waals surface area contributed by atoms with Crippen molar-refractivity contribution in [2.75, 3.05) is 30.3 Å². The van der Waals surface area contributed by atoms with Gasteiger partial charge in [-0.25, -0.2) is 4.39 Å². The zero-order valence-electron chi connectivity index (χ0n) is 21.2. The summed E-state index contributed by atoms with van der Waals surface area (Å²) in [7, 11) is 0. The number of halogens is 3. The molecular formula is C29H32Cl2FN3O2. The molecule has 2 aromatic carbocycles. The smallest absolute Gasteiger partial charge is 0.281 e. The van der Waals surface area contributed by atoms with Crippen molar-refractivity contribution in [3.05, 3.63) is 88.9 Å². The van der Waals surface area contributed by atoms with Crippen LogP contribution < -0.4 is 10.6 Å². The van der Waals surface area contributed by atoms with E-state index in [1.165, 1.54) is 11.0 Å². The maximum absolute atomic E-state index is 13.1. The van der Waals surface area contributed by atoms with Crippen LogP contribution in [-0.4, -0.2) is 35.5 Å². The summed E-state index contributed by atoms with van der Waals surface area (Å²) in [6.45, 7) is 10.8. The number of hydrogen-bond acceptors (Lipinski definition) is 4. The Labute approximate surface area is 228 Å². The number of phenols is 1. The quantitative estimate of drug-likeness (QED) is 0.211. The lowest BCUT2D eigenvalue weighted by atomic mass is 9.99. The van der Waals surface area contributed by atoms with Gasteiger partial charge in [-0.1, -0.05) is 67.9 Å². The monoisotopic (exact) mass is 543 g/mol. The van der Waals surface area contributed by atoms with Crippen LogP contribution in [0.4, 0.5) is 15.8 Å². The van der Waals surface area contributed by atoms with Gasteiger partial charge in [0.15, 0.2) is 5.83 Å². The Morgan fingerprint density at radius 3 is 2.54 bits per heavy atom. The lowest BCUT2D eigenvalue weighted by Crippen LogP contribution is -2.52. The van der Waals surface area contributed by atoms with Crippen LogP contribution in [0.5, 0.6) is 5.75 Å². The largest absolute Gasteiger partial charge is 0.508 e. The molecule has 0 aliphatic carbocycles. The highest BCUT2D eigenvalue weighted by atomic mass is 35.5. The molecule has 1 aliphatic rings. The van der Waals surface area contributed by atoms with E-state index in [0.717, 1.165) is 16.9 Å². The highest BCUT2D eigenvalue weighted by Gasteiger charge is 2.31. The number of rotatable bonds is 10. The van der Waals surface area contributed by atoms with Crippen LogP contribution in [0.3, 0.4) is 0 Å². The Balaban J connectivity index is 1.83. The van der Waals surface area contributed by atoms with Gasteiger partial charge < -0.3 is 20.6 Å². The fraction of sp³-hybridized carbons (Fsp3) is 0.276. The molecule has 0 bridgehead atoms. The van der Waals surface area contributed by atoms with Gasteiger partial charge in [-0.2, -0.15) is 0 Å². The zero-order valence-corrected chi connectivity index (χ0v) is 22.7. The predicted molar refractivity (Wildman–Crippen MR) is 153 cm³/mol. The predicted octanol–water partition coefficient (Wildman–Crippen LogP) is 7.80. The average Bonchev–Trinajstić information content (AvgIpc) is 2.81. The highest BCUT2D eigenvalue weighted by Crippen LogP contribution is 2.40. The summed E-state index contributed by atoms with van der Waals surface area (Å²) in [6, 6.07) is 8.39. The number of nitrogens with one attached hydrogen (secondary N) is 2. The molecule has 2 aromatic rings. The lowest BCUT2D eigenvalue weighted by Gasteiger charge is -2.39. The van der Waals surface area contributed by atoms with E-state index in [9.17, 15) is 14.3 Å². The highest BCUT2D eigenvalue weighted by molar-refractivity contribution is 6.37. The Morgan fingerprint density at radius 2 is 1.86 bits per heavy atom. The number of hydrogen-bond donors (Lipinski definition) is 3. The topological polar surface area (TPSA) is 64.6 Å². The van der Waals surface area contributed by atoms with Crippen molar-refractivity contribution in [3.63, 3.8) is 0 Å². The first-order valence-electron chi connectivity index (χ1n) is 12.0. The van der Waals surface area contributed by atoms with Crippen LogP contribution in [-0.2, 0) is 4.79 Å². The molecule has 0 saturated carbocycles. The van der Waals surface area contributed by atoms with Gasteiger partial charge in [-0.05, 0) is 48.7 Å². The number of carbonyl (C=O) groups excluding carboxylic acids is 1. The van der Waals surface area contributed by atoms with E-state index in [0.29, 0.717) is 46.7 Å². The third-order valence-corrected chi connectivity index (χ3v) is 6.47. The second kappa shape index (κ2) is 12.8. The molecule has 1 aliphatic heterocycles. The fourth-order valence-electron chi connectivity index (χ4n) is 3.79. The number of amides is 1. The minimum atomic E-state index is -0.943. The molecule has 3 N–H and O–H groups in total. The summed E-state index contributed by atoms with van der Waals surface area (Å²) in [6.07, 6.45) is 10.0. The van der Waals surface area contributed by atoms with E-state index < -0.39 is 11.7 Å². The Bertz CT molecular complexity index is 1250. The standard InChI is InChI=1S/C29H32Cl2FN3O2/c1-18(2)7-5-6-8-19(3)14-33-27-12-24(23-11-22(36)9-10-25(23)30)26(31)13-28(27)34-15-21-16-35(17-21)29(37)20(4)32/h5-14,18,21,33-34,36H,4,15-17H2,1-3H3/b7-5+,8-6-,19-14+. The van der Waals surface area contributed by atoms with E-state index in [2.05, 4.69) is 37.1 Å². The van der Waals surface area contributed by atoms with Crippen molar-refractivity contribution < 1.29 is 14.3 Å². The number of phenolic OH excluding ortho intramolecular Hbond substituents is 1. The molecular weight excluding hydrogens is 512 g/mol. The lowest BCUT2D eigenvalue weighted by molar-refractivity contribution is -0.134. The van der Waals surface area contributed by atoms with Gasteiger partial charge >= 0.3 is 0 Å². The molecule has 1 amide bonds. The van der Waals surface area contributed by atoms with Crippen molar-refractivity contribution in [2.45, 2.75) is 20.8 Å². The van der Waals surface area contributed by atoms with Gasteiger partial charge in [0.2, 0.25) is 0 Å². The maximum Gasteiger partial charge on any atom is 0.281 e. The molecule has 0 atom stereocenters. The third-order valence-electron chi connectivity index (χ3n) is 5.83. The van der Waals surface area contributed by atoms with Gasteiger partial charge in [0.05, 0.1) is 16.4 Å². The number of carbonyl (C=O) groups is 1. The van der Waals surface area contributed by atoms with E-state index in [-0.39, 0.29) is 11.7 Å². The van der Waals surface area contributed by atoms with Gasteiger partial charge in [0.1, 0.15) is 5.75 Å². The van der Waals surface area contributed by atoms with E-state index in [1.807, 2.05) is 37.4 Å². The van der Waals surface area contributed by atoms with E-state index >= 15 is 0 Å². The van der Waals surface area contributed by atoms with E-state index in [1.54, 1.807) is 18.2 Å². The van der Waals surface area contributed by atoms with Crippen LogP contribution in [0, 0.1) is 11.8 Å². The van der Waals surface area contributed by atoms with Crippen LogP contribution in [0.15, 0.2) is 78.8 Å². The Kier molecular flexibility index (Phi) is 9.84. The zero-order chi connectivity index (χ0) is 27.1. The first-order valence-corrected chi connectivity index (χ1v) is 12.8. The Hall–Kier alpha value is -3.22. The number of anilines is 2. The summed E-state index contributed by atoms with van der Waals surface area (Å²) in [5.74, 6) is -0.868. The van der Waals surface area contributed by atoms with Crippen LogP contribution in [0.2, 0.25) is 10.0 Å². The molecule has 1 heterocycles. The summed E-state index contributed by atoms with van der Waals surface area (Å²) in [5, 5.41) is 17.7. The summed E-state index contributed by atoms with van der Waals surface area (Å²) in [5.41, 5.74) is 3.80. The van der Waals surface area contributed by atoms with Gasteiger partial charge in [-0.15, -0.1) is 0 Å². The summed E-state index contributed by atoms with van der Waals surface area (Å²) >= 11 is 13.1. The van der Waals surface area contributed by atoms with Crippen LogP contribution in [0.25, 0.3) is 11.1 Å². The Morgan fingerprint density at radius 1 is 1.16 bits per heavy atom. The second-order valence-corrected chi connectivity index (χ2v) is 10.2. The minimum absolute atomic E-state index is 0.0857. The van der Waals surface area contributed by atoms with Crippen LogP contribution >= 0.6 is 23.2 Å². The van der Waals surface area contributed by atoms with Crippen molar-refractivity contribution in [3.8, 4) is 16.9 Å². The van der Waals surface area contributed by atoms with Gasteiger partial charge in [-0.3, -0.25) is 4.79 Å². The van der Waals surface area contributed by atoms with Crippen molar-refractivity contribution in [1.29, 1.82) is 0 Å². The summed E-state index contributed by atoms with van der Waals surface area (Å²) in [4.78, 5) is 13.1. The second-order valence-electron chi connectivity index (χ2n) is 9.42. The van der Waals surface area contributed by atoms with E-state index in [4.69, 9.17) is 23.2 Å². The summed E-state index contributed by atoms with van der Waals surface area (Å²) < 4.78 is 13.1. The number of likely N-dealkylation sites (tertiary alicyclic amines) is 1. The molecule has 1 saturated heterocycles. The van der Waals surface area contributed by atoms with Gasteiger partial charge in [0.25, 0.3) is 5.91 Å². The normalized spacial score (nSPS) is 14.5. The molecule has 196 valence electrons. The maximum atomic E-state index is 13.1. The molecule has 3 rings (SSSR count). The number of nitrogens with zero attached hydrogens (tertiary/aromatic N) is 1. The molecule has 0 radical (unpaired) electrons. The first-order chi connectivity index (χ1) is 17.5. The molecule has 8 heteroatoms. The van der Waals surface area contributed by atoms with Gasteiger partial charge in [0, 0.05) is 47.9 Å². The molecule has 37 heavy (non-hydrogen) atoms. The van der Waals surface area contributed by atoms with Crippen molar-refractivity contribution in [1.82, 2.24) is 4.90 Å². The van der Waals surface area contributed by atoms with Crippen LogP contribution in [0.1, 0.15) is 20.8 Å². The molecule has 0 aromatic heterocycles. The number of aromatic hydroxyl groups is 1. The molecule has 0 unspecified atom stereocenters. The molecule has 1 fully saturated rings. The average molecular weight is 544 g/mol. The minimum Gasteiger partial charge on any atom is -0.508 e. The molecule has 5 nitrogen and oxygen atoms in total. The number of allylic oxidation sites excluding steroid dienone is 5. The number of benzene rings is 2. The molecule has 0 spiro atoms.